The number of carbonyl (C=O) groups excluding carboxylic acids is 2. The second-order valence-corrected chi connectivity index (χ2v) is 7.61. The van der Waals surface area contributed by atoms with E-state index in [2.05, 4.69) is 10.3 Å². The number of amides is 2. The van der Waals surface area contributed by atoms with Crippen LogP contribution < -0.4 is 5.32 Å². The van der Waals surface area contributed by atoms with Gasteiger partial charge in [-0.1, -0.05) is 30.3 Å². The van der Waals surface area contributed by atoms with Crippen LogP contribution in [0.4, 0.5) is 5.69 Å². The zero-order valence-electron chi connectivity index (χ0n) is 17.0. The molecule has 31 heavy (non-hydrogen) atoms. The van der Waals surface area contributed by atoms with E-state index in [4.69, 9.17) is 9.15 Å². The van der Waals surface area contributed by atoms with E-state index >= 15 is 0 Å². The van der Waals surface area contributed by atoms with Gasteiger partial charge in [0.05, 0.1) is 13.2 Å². The van der Waals surface area contributed by atoms with E-state index in [1.807, 2.05) is 48.7 Å². The molecule has 2 aromatic carbocycles. The Morgan fingerprint density at radius 3 is 2.58 bits per heavy atom. The number of para-hydroxylation sites is 2. The zero-order chi connectivity index (χ0) is 21.2. The maximum Gasteiger partial charge on any atom is 0.291 e. The maximum atomic E-state index is 13.1. The molecule has 7 nitrogen and oxygen atoms in total. The molecule has 2 aromatic heterocycles. The van der Waals surface area contributed by atoms with Gasteiger partial charge in [-0.25, -0.2) is 0 Å². The van der Waals surface area contributed by atoms with Gasteiger partial charge in [0.25, 0.3) is 5.91 Å². The van der Waals surface area contributed by atoms with Crippen LogP contribution in [-0.2, 0) is 16.0 Å². The molecule has 0 saturated carbocycles. The van der Waals surface area contributed by atoms with Gasteiger partial charge >= 0.3 is 0 Å². The molecule has 1 aliphatic rings. The van der Waals surface area contributed by atoms with Crippen molar-refractivity contribution in [2.45, 2.75) is 12.8 Å². The molecule has 0 atom stereocenters. The molecule has 4 aromatic rings. The van der Waals surface area contributed by atoms with Crippen molar-refractivity contribution in [1.29, 1.82) is 0 Å². The Morgan fingerprint density at radius 1 is 1.00 bits per heavy atom. The summed E-state index contributed by atoms with van der Waals surface area (Å²) in [5.41, 5.74) is 3.16. The molecule has 0 unspecified atom stereocenters. The molecule has 5 rings (SSSR count). The van der Waals surface area contributed by atoms with Crippen molar-refractivity contribution in [1.82, 2.24) is 9.88 Å². The lowest BCUT2D eigenvalue weighted by atomic mass is 10.1. The van der Waals surface area contributed by atoms with E-state index in [0.717, 1.165) is 21.9 Å². The average molecular weight is 417 g/mol. The summed E-state index contributed by atoms with van der Waals surface area (Å²) in [5.74, 6) is -0.220. The first-order valence-electron chi connectivity index (χ1n) is 10.4. The van der Waals surface area contributed by atoms with Crippen molar-refractivity contribution in [3.63, 3.8) is 0 Å². The number of rotatable bonds is 5. The number of nitrogens with one attached hydrogen (secondary N) is 2. The number of aromatic amines is 1. The first-order chi connectivity index (χ1) is 15.2. The maximum absolute atomic E-state index is 13.1. The molecule has 2 amide bonds. The van der Waals surface area contributed by atoms with Crippen LogP contribution in [0.5, 0.6) is 0 Å². The van der Waals surface area contributed by atoms with Crippen LogP contribution in [0.1, 0.15) is 22.5 Å². The fourth-order valence-corrected chi connectivity index (χ4v) is 4.02. The fraction of sp³-hybridized carbons (Fsp3) is 0.250. The highest BCUT2D eigenvalue weighted by Crippen LogP contribution is 2.32. The number of H-pyrrole nitrogens is 1. The minimum atomic E-state index is -0.230. The van der Waals surface area contributed by atoms with Gasteiger partial charge in [0.2, 0.25) is 11.7 Å². The van der Waals surface area contributed by atoms with E-state index < -0.39 is 0 Å². The van der Waals surface area contributed by atoms with Crippen LogP contribution in [0.25, 0.3) is 21.9 Å². The quantitative estimate of drug-likeness (QED) is 0.515. The monoisotopic (exact) mass is 417 g/mol. The number of hydrogen-bond donors (Lipinski definition) is 2. The number of benzene rings is 2. The molecule has 2 N–H and O–H groups in total. The molecule has 0 radical (unpaired) electrons. The number of carbonyl (C=O) groups is 2. The molecule has 0 spiro atoms. The van der Waals surface area contributed by atoms with Gasteiger partial charge < -0.3 is 24.4 Å². The third-order valence-corrected chi connectivity index (χ3v) is 5.65. The molecule has 0 bridgehead atoms. The molecule has 1 aliphatic heterocycles. The van der Waals surface area contributed by atoms with Gasteiger partial charge in [-0.15, -0.1) is 0 Å². The summed E-state index contributed by atoms with van der Waals surface area (Å²) in [4.78, 5) is 30.8. The third kappa shape index (κ3) is 3.80. The summed E-state index contributed by atoms with van der Waals surface area (Å²) < 4.78 is 11.2. The van der Waals surface area contributed by atoms with Crippen LogP contribution >= 0.6 is 0 Å². The summed E-state index contributed by atoms with van der Waals surface area (Å²) in [7, 11) is 0. The summed E-state index contributed by atoms with van der Waals surface area (Å²) in [5, 5.41) is 4.78. The first-order valence-corrected chi connectivity index (χ1v) is 10.4. The molecular weight excluding hydrogens is 394 g/mol. The Morgan fingerprint density at radius 2 is 1.74 bits per heavy atom. The number of fused-ring (bicyclic) bond motifs is 2. The summed E-state index contributed by atoms with van der Waals surface area (Å²) in [6.07, 6.45) is 2.84. The number of hydrogen-bond acceptors (Lipinski definition) is 4. The number of aromatic nitrogens is 1. The molecule has 1 saturated heterocycles. The van der Waals surface area contributed by atoms with E-state index in [9.17, 15) is 9.59 Å². The number of anilines is 1. The van der Waals surface area contributed by atoms with Gasteiger partial charge in [-0.3, -0.25) is 9.59 Å². The second-order valence-electron chi connectivity index (χ2n) is 7.61. The van der Waals surface area contributed by atoms with Crippen LogP contribution in [0, 0.1) is 0 Å². The number of ether oxygens (including phenoxy) is 1. The van der Waals surface area contributed by atoms with Gasteiger partial charge in [-0.2, -0.15) is 0 Å². The molecule has 3 heterocycles. The minimum Gasteiger partial charge on any atom is -0.449 e. The highest BCUT2D eigenvalue weighted by atomic mass is 16.5. The van der Waals surface area contributed by atoms with Crippen molar-refractivity contribution in [2.24, 2.45) is 0 Å². The first kappa shape index (κ1) is 19.4. The Labute approximate surface area is 179 Å². The van der Waals surface area contributed by atoms with Crippen molar-refractivity contribution in [2.75, 3.05) is 31.6 Å². The number of furan rings is 1. The lowest BCUT2D eigenvalue weighted by molar-refractivity contribution is -0.116. The number of aryl methyl sites for hydroxylation is 1. The topological polar surface area (TPSA) is 87.6 Å². The zero-order valence-corrected chi connectivity index (χ0v) is 17.0. The molecular formula is C24H23N3O4. The van der Waals surface area contributed by atoms with Gasteiger partial charge in [-0.05, 0) is 30.2 Å². The second kappa shape index (κ2) is 8.28. The van der Waals surface area contributed by atoms with Gasteiger partial charge in [0, 0.05) is 42.0 Å². The van der Waals surface area contributed by atoms with E-state index in [1.54, 1.807) is 11.0 Å². The van der Waals surface area contributed by atoms with Crippen LogP contribution in [-0.4, -0.2) is 48.0 Å². The fourth-order valence-electron chi connectivity index (χ4n) is 4.02. The third-order valence-electron chi connectivity index (χ3n) is 5.65. The smallest absolute Gasteiger partial charge is 0.291 e. The van der Waals surface area contributed by atoms with Crippen LogP contribution in [0.3, 0.4) is 0 Å². The molecule has 158 valence electrons. The van der Waals surface area contributed by atoms with Crippen molar-refractivity contribution in [3.05, 3.63) is 66.1 Å². The molecule has 1 fully saturated rings. The number of morpholine rings is 1. The average Bonchev–Trinajstić information content (AvgIpc) is 3.39. The Hall–Kier alpha value is -3.58. The largest absolute Gasteiger partial charge is 0.449 e. The highest BCUT2D eigenvalue weighted by molar-refractivity contribution is 6.10. The van der Waals surface area contributed by atoms with Crippen LogP contribution in [0.15, 0.2) is 59.1 Å². The number of nitrogens with zero attached hydrogens (tertiary/aromatic N) is 1. The van der Waals surface area contributed by atoms with Gasteiger partial charge in [0.1, 0.15) is 11.3 Å². The van der Waals surface area contributed by atoms with Gasteiger partial charge in [0.15, 0.2) is 0 Å². The highest BCUT2D eigenvalue weighted by Gasteiger charge is 2.27. The summed E-state index contributed by atoms with van der Waals surface area (Å²) in [6, 6.07) is 15.4. The SMILES string of the molecule is O=C(CCc1c[nH]c2ccccc12)Nc1c(C(=O)N2CCOCC2)oc2ccccc12. The normalized spacial score (nSPS) is 14.3. The van der Waals surface area contributed by atoms with E-state index in [-0.39, 0.29) is 17.6 Å². The lowest BCUT2D eigenvalue weighted by Crippen LogP contribution is -2.40. The van der Waals surface area contributed by atoms with Crippen molar-refractivity contribution < 1.29 is 18.7 Å². The Balaban J connectivity index is 1.37. The van der Waals surface area contributed by atoms with Crippen molar-refractivity contribution >= 4 is 39.4 Å². The van der Waals surface area contributed by atoms with Crippen molar-refractivity contribution in [3.8, 4) is 0 Å². The predicted molar refractivity (Wildman–Crippen MR) is 118 cm³/mol. The van der Waals surface area contributed by atoms with Crippen LogP contribution in [0.2, 0.25) is 0 Å². The molecule has 0 aliphatic carbocycles. The van der Waals surface area contributed by atoms with E-state index in [0.29, 0.717) is 50.4 Å². The molecule has 7 heteroatoms. The minimum absolute atomic E-state index is 0.159. The summed E-state index contributed by atoms with van der Waals surface area (Å²) in [6.45, 7) is 2.00. The predicted octanol–water partition coefficient (Wildman–Crippen LogP) is 3.96. The Bertz CT molecular complexity index is 1250. The standard InChI is InChI=1S/C24H23N3O4/c28-21(10-9-16-15-25-19-7-3-1-5-17(16)19)26-22-18-6-2-4-8-20(18)31-23(22)24(29)27-11-13-30-14-12-27/h1-8,15,25H,9-14H2,(H,26,28). The summed E-state index contributed by atoms with van der Waals surface area (Å²) >= 11 is 0. The Kier molecular flexibility index (Phi) is 5.18. The lowest BCUT2D eigenvalue weighted by Gasteiger charge is -2.26. The van der Waals surface area contributed by atoms with E-state index in [1.165, 1.54) is 0 Å².